The summed E-state index contributed by atoms with van der Waals surface area (Å²) in [5.41, 5.74) is 1.83. The van der Waals surface area contributed by atoms with E-state index in [0.717, 1.165) is 12.5 Å². The van der Waals surface area contributed by atoms with Gasteiger partial charge >= 0.3 is 0 Å². The van der Waals surface area contributed by atoms with Gasteiger partial charge in [-0.3, -0.25) is 0 Å². The Labute approximate surface area is 124 Å². The van der Waals surface area contributed by atoms with Gasteiger partial charge in [0.15, 0.2) is 0 Å². The fourth-order valence-electron chi connectivity index (χ4n) is 3.27. The molecule has 1 N–H and O–H groups in total. The molecule has 0 spiro atoms. The number of nitrogens with zero attached hydrogens (tertiary/aromatic N) is 1. The fraction of sp³-hybridized carbons (Fsp3) is 0.667. The van der Waals surface area contributed by atoms with E-state index in [4.69, 9.17) is 0 Å². The molecule has 0 saturated carbocycles. The molecule has 0 amide bonds. The van der Waals surface area contributed by atoms with E-state index in [2.05, 4.69) is 68.2 Å². The number of likely N-dealkylation sites (tertiary alicyclic amines) is 1. The van der Waals surface area contributed by atoms with E-state index in [-0.39, 0.29) is 0 Å². The van der Waals surface area contributed by atoms with E-state index in [1.807, 2.05) is 0 Å². The van der Waals surface area contributed by atoms with Crippen molar-refractivity contribution in [3.8, 4) is 0 Å². The third-order valence-electron chi connectivity index (χ3n) is 4.86. The minimum Gasteiger partial charge on any atom is -0.314 e. The molecule has 0 aromatic heterocycles. The summed E-state index contributed by atoms with van der Waals surface area (Å²) in [5.74, 6) is 0.724. The van der Waals surface area contributed by atoms with Gasteiger partial charge < -0.3 is 10.2 Å². The predicted molar refractivity (Wildman–Crippen MR) is 87.2 cm³/mol. The Morgan fingerprint density at radius 1 is 1.30 bits per heavy atom. The Balaban J connectivity index is 1.90. The second-order valence-corrected chi connectivity index (χ2v) is 6.90. The van der Waals surface area contributed by atoms with Gasteiger partial charge in [0.25, 0.3) is 0 Å². The molecule has 112 valence electrons. The highest BCUT2D eigenvalue weighted by Crippen LogP contribution is 2.30. The van der Waals surface area contributed by atoms with Crippen LogP contribution in [0.1, 0.15) is 45.6 Å². The Morgan fingerprint density at radius 3 is 2.65 bits per heavy atom. The number of hydrogen-bond acceptors (Lipinski definition) is 2. The lowest BCUT2D eigenvalue weighted by Crippen LogP contribution is -2.46. The summed E-state index contributed by atoms with van der Waals surface area (Å²) in [6.07, 6.45) is 1.30. The molecule has 1 aromatic carbocycles. The molecule has 2 unspecified atom stereocenters. The maximum absolute atomic E-state index is 3.58. The van der Waals surface area contributed by atoms with Gasteiger partial charge in [0.2, 0.25) is 0 Å². The van der Waals surface area contributed by atoms with Crippen molar-refractivity contribution in [1.82, 2.24) is 10.2 Å². The van der Waals surface area contributed by atoms with Crippen LogP contribution in [-0.4, -0.2) is 37.1 Å². The van der Waals surface area contributed by atoms with E-state index in [1.165, 1.54) is 31.6 Å². The molecule has 1 aliphatic rings. The highest BCUT2D eigenvalue weighted by Gasteiger charge is 2.31. The molecule has 1 aromatic rings. The minimum atomic E-state index is 0.321. The second-order valence-electron chi connectivity index (χ2n) is 6.90. The average Bonchev–Trinajstić information content (AvgIpc) is 2.88. The Kier molecular flexibility index (Phi) is 5.22. The highest BCUT2D eigenvalue weighted by molar-refractivity contribution is 5.21. The largest absolute Gasteiger partial charge is 0.314 e. The molecule has 1 heterocycles. The van der Waals surface area contributed by atoms with E-state index in [0.29, 0.717) is 11.5 Å². The van der Waals surface area contributed by atoms with Gasteiger partial charge in [0, 0.05) is 19.1 Å². The van der Waals surface area contributed by atoms with Crippen molar-refractivity contribution in [2.75, 3.05) is 26.2 Å². The van der Waals surface area contributed by atoms with Gasteiger partial charge in [-0.05, 0) is 43.3 Å². The Hall–Kier alpha value is -0.860. The Bertz CT molecular complexity index is 399. The van der Waals surface area contributed by atoms with E-state index < -0.39 is 0 Å². The standard InChI is InChI=1S/C18H30N2/c1-5-19-15(2)18(3,4)14-20-12-11-17(13-20)16-9-7-6-8-10-16/h6-10,15,17,19H,5,11-14H2,1-4H3. The van der Waals surface area contributed by atoms with Crippen LogP contribution in [0.2, 0.25) is 0 Å². The van der Waals surface area contributed by atoms with Crippen LogP contribution in [0.5, 0.6) is 0 Å². The van der Waals surface area contributed by atoms with Crippen LogP contribution >= 0.6 is 0 Å². The lowest BCUT2D eigenvalue weighted by atomic mass is 9.84. The third-order valence-corrected chi connectivity index (χ3v) is 4.86. The molecule has 0 aliphatic carbocycles. The van der Waals surface area contributed by atoms with Crippen molar-refractivity contribution in [3.05, 3.63) is 35.9 Å². The first kappa shape index (κ1) is 15.5. The molecule has 2 nitrogen and oxygen atoms in total. The summed E-state index contributed by atoms with van der Waals surface area (Å²) in [6.45, 7) is 14.0. The van der Waals surface area contributed by atoms with Crippen molar-refractivity contribution in [2.45, 2.75) is 46.1 Å². The maximum atomic E-state index is 3.58. The average molecular weight is 274 g/mol. The van der Waals surface area contributed by atoms with E-state index in [9.17, 15) is 0 Å². The lowest BCUT2D eigenvalue weighted by molar-refractivity contribution is 0.164. The molecule has 1 saturated heterocycles. The third kappa shape index (κ3) is 3.83. The van der Waals surface area contributed by atoms with Crippen LogP contribution in [0.25, 0.3) is 0 Å². The molecular formula is C18H30N2. The zero-order valence-corrected chi connectivity index (χ0v) is 13.5. The van der Waals surface area contributed by atoms with Crippen molar-refractivity contribution in [2.24, 2.45) is 5.41 Å². The van der Waals surface area contributed by atoms with Gasteiger partial charge in [-0.25, -0.2) is 0 Å². The predicted octanol–water partition coefficient (Wildman–Crippen LogP) is 3.50. The molecule has 20 heavy (non-hydrogen) atoms. The van der Waals surface area contributed by atoms with Gasteiger partial charge in [-0.1, -0.05) is 51.1 Å². The minimum absolute atomic E-state index is 0.321. The molecule has 0 bridgehead atoms. The number of rotatable bonds is 6. The zero-order chi connectivity index (χ0) is 14.6. The van der Waals surface area contributed by atoms with Crippen LogP contribution in [0, 0.1) is 5.41 Å². The number of hydrogen-bond donors (Lipinski definition) is 1. The van der Waals surface area contributed by atoms with E-state index in [1.54, 1.807) is 0 Å². The second kappa shape index (κ2) is 6.73. The van der Waals surface area contributed by atoms with Gasteiger partial charge in [-0.2, -0.15) is 0 Å². The first-order valence-corrected chi connectivity index (χ1v) is 8.03. The Morgan fingerprint density at radius 2 is 2.00 bits per heavy atom. The van der Waals surface area contributed by atoms with Gasteiger partial charge in [0.05, 0.1) is 0 Å². The van der Waals surface area contributed by atoms with Crippen molar-refractivity contribution in [3.63, 3.8) is 0 Å². The smallest absolute Gasteiger partial charge is 0.0102 e. The molecular weight excluding hydrogens is 244 g/mol. The van der Waals surface area contributed by atoms with Crippen molar-refractivity contribution < 1.29 is 0 Å². The lowest BCUT2D eigenvalue weighted by Gasteiger charge is -2.36. The summed E-state index contributed by atoms with van der Waals surface area (Å²) in [7, 11) is 0. The summed E-state index contributed by atoms with van der Waals surface area (Å²) >= 11 is 0. The SMILES string of the molecule is CCNC(C)C(C)(C)CN1CCC(c2ccccc2)C1. The molecule has 2 rings (SSSR count). The molecule has 2 atom stereocenters. The summed E-state index contributed by atoms with van der Waals surface area (Å²) in [4.78, 5) is 2.64. The van der Waals surface area contributed by atoms with Crippen LogP contribution < -0.4 is 5.32 Å². The van der Waals surface area contributed by atoms with Crippen molar-refractivity contribution in [1.29, 1.82) is 0 Å². The molecule has 1 aliphatic heterocycles. The first-order valence-electron chi connectivity index (χ1n) is 8.03. The van der Waals surface area contributed by atoms with Gasteiger partial charge in [-0.15, -0.1) is 0 Å². The molecule has 1 fully saturated rings. The summed E-state index contributed by atoms with van der Waals surface area (Å²) in [5, 5.41) is 3.58. The molecule has 2 heteroatoms. The quantitative estimate of drug-likeness (QED) is 0.854. The fourth-order valence-corrected chi connectivity index (χ4v) is 3.27. The van der Waals surface area contributed by atoms with Crippen LogP contribution in [-0.2, 0) is 0 Å². The topological polar surface area (TPSA) is 15.3 Å². The first-order chi connectivity index (χ1) is 9.53. The van der Waals surface area contributed by atoms with E-state index >= 15 is 0 Å². The van der Waals surface area contributed by atoms with Crippen molar-refractivity contribution >= 4 is 0 Å². The van der Waals surface area contributed by atoms with Crippen LogP contribution in [0.4, 0.5) is 0 Å². The van der Waals surface area contributed by atoms with Crippen LogP contribution in [0.3, 0.4) is 0 Å². The summed E-state index contributed by atoms with van der Waals surface area (Å²) in [6, 6.07) is 11.5. The maximum Gasteiger partial charge on any atom is 0.0102 e. The van der Waals surface area contributed by atoms with Gasteiger partial charge in [0.1, 0.15) is 0 Å². The molecule has 0 radical (unpaired) electrons. The highest BCUT2D eigenvalue weighted by atomic mass is 15.2. The normalized spacial score (nSPS) is 22.1. The monoisotopic (exact) mass is 274 g/mol. The zero-order valence-electron chi connectivity index (χ0n) is 13.5. The number of nitrogens with one attached hydrogen (secondary N) is 1. The van der Waals surface area contributed by atoms with Crippen LogP contribution in [0.15, 0.2) is 30.3 Å². The summed E-state index contributed by atoms with van der Waals surface area (Å²) < 4.78 is 0. The number of benzene rings is 1.